The van der Waals surface area contributed by atoms with Crippen molar-refractivity contribution < 1.29 is 28.5 Å². The van der Waals surface area contributed by atoms with Crippen molar-refractivity contribution in [3.05, 3.63) is 23.8 Å². The lowest BCUT2D eigenvalue weighted by molar-refractivity contribution is -0.147. The van der Waals surface area contributed by atoms with Crippen molar-refractivity contribution in [1.29, 1.82) is 0 Å². The summed E-state index contributed by atoms with van der Waals surface area (Å²) in [7, 11) is 0. The molecule has 0 unspecified atom stereocenters. The zero-order chi connectivity index (χ0) is 18.5. The Morgan fingerprint density at radius 2 is 1.48 bits per heavy atom. The molecule has 0 saturated carbocycles. The molecule has 0 amide bonds. The van der Waals surface area contributed by atoms with Crippen LogP contribution in [0.5, 0.6) is 11.5 Å². The minimum absolute atomic E-state index is 0.229. The molecule has 0 aliphatic carbocycles. The van der Waals surface area contributed by atoms with E-state index in [2.05, 4.69) is 0 Å². The summed E-state index contributed by atoms with van der Waals surface area (Å²) in [6, 6.07) is 5.26. The number of ether oxygens (including phenoxy) is 4. The van der Waals surface area contributed by atoms with Crippen LogP contribution in [0.1, 0.15) is 32.3 Å². The van der Waals surface area contributed by atoms with Crippen LogP contribution in [0.15, 0.2) is 18.2 Å². The van der Waals surface area contributed by atoms with E-state index < -0.39 is 11.9 Å². The Bertz CT molecular complexity index is 546. The summed E-state index contributed by atoms with van der Waals surface area (Å²) in [5.74, 6) is -0.194. The Morgan fingerprint density at radius 1 is 0.920 bits per heavy atom. The fourth-order valence-corrected chi connectivity index (χ4v) is 1.90. The molecule has 0 radical (unpaired) electrons. The normalized spacial score (nSPS) is 10.2. The Hall–Kier alpha value is -2.28. The van der Waals surface area contributed by atoms with E-state index in [9.17, 15) is 9.59 Å². The summed E-state index contributed by atoms with van der Waals surface area (Å²) >= 11 is 0. The van der Waals surface area contributed by atoms with Crippen molar-refractivity contribution >= 4 is 11.9 Å². The third kappa shape index (κ3) is 8.39. The van der Waals surface area contributed by atoms with Crippen LogP contribution in [0.25, 0.3) is 0 Å². The van der Waals surface area contributed by atoms with Crippen LogP contribution in [-0.2, 0) is 25.5 Å². The van der Waals surface area contributed by atoms with Gasteiger partial charge >= 0.3 is 11.9 Å². The van der Waals surface area contributed by atoms with Crippen LogP contribution in [0.3, 0.4) is 0 Å². The first-order chi connectivity index (χ1) is 12.1. The van der Waals surface area contributed by atoms with Crippen molar-refractivity contribution in [2.45, 2.75) is 33.1 Å². The van der Waals surface area contributed by atoms with Crippen LogP contribution in [0.2, 0.25) is 0 Å². The van der Waals surface area contributed by atoms with E-state index in [-0.39, 0.29) is 13.2 Å². The molecule has 0 bridgehead atoms. The fraction of sp³-hybridized carbons (Fsp3) is 0.556. The molecule has 0 aliphatic heterocycles. The number of nitrogens with two attached hydrogens (primary N) is 1. The number of rotatable bonds is 12. The third-order valence-electron chi connectivity index (χ3n) is 3.07. The van der Waals surface area contributed by atoms with Crippen molar-refractivity contribution in [3.63, 3.8) is 0 Å². The van der Waals surface area contributed by atoms with Crippen molar-refractivity contribution in [1.82, 2.24) is 0 Å². The van der Waals surface area contributed by atoms with Gasteiger partial charge in [0.1, 0.15) is 0 Å². The monoisotopic (exact) mass is 353 g/mol. The van der Waals surface area contributed by atoms with Gasteiger partial charge in [-0.2, -0.15) is 0 Å². The lowest BCUT2D eigenvalue weighted by Gasteiger charge is -2.14. The van der Waals surface area contributed by atoms with Gasteiger partial charge in [0.05, 0.1) is 13.2 Å². The Kier molecular flexibility index (Phi) is 10.1. The maximum atomic E-state index is 11.6. The summed E-state index contributed by atoms with van der Waals surface area (Å²) in [6.45, 7) is 4.55. The van der Waals surface area contributed by atoms with Crippen LogP contribution in [-0.4, -0.2) is 44.9 Å². The highest BCUT2D eigenvalue weighted by Crippen LogP contribution is 2.28. The lowest BCUT2D eigenvalue weighted by Crippen LogP contribution is -2.18. The van der Waals surface area contributed by atoms with Crippen LogP contribution in [0.4, 0.5) is 0 Å². The summed E-state index contributed by atoms with van der Waals surface area (Å²) in [4.78, 5) is 23.2. The zero-order valence-electron chi connectivity index (χ0n) is 14.9. The van der Waals surface area contributed by atoms with E-state index in [0.717, 1.165) is 18.4 Å². The first kappa shape index (κ1) is 20.8. The maximum Gasteiger partial charge on any atom is 0.344 e. The van der Waals surface area contributed by atoms with Gasteiger partial charge in [-0.15, -0.1) is 0 Å². The molecule has 1 rings (SSSR count). The number of hydrogen-bond acceptors (Lipinski definition) is 7. The molecule has 0 heterocycles. The standard InChI is InChI=1S/C18H27NO6/c1-3-9-22-17(20)12-24-15-6-5-14(7-8-19)11-16(15)25-13-18(21)23-10-4-2/h5-6,11H,3-4,7-10,12-13,19H2,1-2H3. The summed E-state index contributed by atoms with van der Waals surface area (Å²) in [5.41, 5.74) is 6.51. The second-order valence-electron chi connectivity index (χ2n) is 5.34. The van der Waals surface area contributed by atoms with Crippen molar-refractivity contribution in [2.24, 2.45) is 5.73 Å². The third-order valence-corrected chi connectivity index (χ3v) is 3.07. The average molecular weight is 353 g/mol. The van der Waals surface area contributed by atoms with E-state index in [0.29, 0.717) is 37.7 Å². The van der Waals surface area contributed by atoms with E-state index in [1.54, 1.807) is 12.1 Å². The summed E-state index contributed by atoms with van der Waals surface area (Å²) < 4.78 is 20.9. The van der Waals surface area contributed by atoms with Crippen molar-refractivity contribution in [3.8, 4) is 11.5 Å². The van der Waals surface area contributed by atoms with Crippen LogP contribution >= 0.6 is 0 Å². The predicted octanol–water partition coefficient (Wildman–Crippen LogP) is 1.85. The molecule has 25 heavy (non-hydrogen) atoms. The number of benzene rings is 1. The van der Waals surface area contributed by atoms with Gasteiger partial charge in [0, 0.05) is 0 Å². The van der Waals surface area contributed by atoms with Crippen LogP contribution in [0, 0.1) is 0 Å². The van der Waals surface area contributed by atoms with Gasteiger partial charge in [-0.1, -0.05) is 19.9 Å². The second-order valence-corrected chi connectivity index (χ2v) is 5.34. The molecule has 0 aromatic heterocycles. The Labute approximate surface area is 148 Å². The van der Waals surface area contributed by atoms with Gasteiger partial charge in [0.15, 0.2) is 24.7 Å². The molecular formula is C18H27NO6. The molecule has 7 nitrogen and oxygen atoms in total. The van der Waals surface area contributed by atoms with Gasteiger partial charge in [-0.25, -0.2) is 9.59 Å². The van der Waals surface area contributed by atoms with E-state index in [4.69, 9.17) is 24.7 Å². The number of carbonyl (C=O) groups excluding carboxylic acids is 2. The second kappa shape index (κ2) is 12.1. The molecule has 140 valence electrons. The minimum Gasteiger partial charge on any atom is -0.478 e. The maximum absolute atomic E-state index is 11.6. The molecule has 7 heteroatoms. The number of carbonyl (C=O) groups is 2. The quantitative estimate of drug-likeness (QED) is 0.573. The lowest BCUT2D eigenvalue weighted by atomic mass is 10.1. The highest BCUT2D eigenvalue weighted by atomic mass is 16.6. The number of esters is 2. The Balaban J connectivity index is 2.70. The molecular weight excluding hydrogens is 326 g/mol. The Morgan fingerprint density at radius 3 is 2.00 bits per heavy atom. The van der Waals surface area contributed by atoms with Crippen LogP contribution < -0.4 is 15.2 Å². The minimum atomic E-state index is -0.459. The molecule has 0 aliphatic rings. The molecule has 0 spiro atoms. The topological polar surface area (TPSA) is 97.1 Å². The first-order valence-electron chi connectivity index (χ1n) is 8.50. The number of hydrogen-bond donors (Lipinski definition) is 1. The smallest absolute Gasteiger partial charge is 0.344 e. The zero-order valence-corrected chi connectivity index (χ0v) is 14.9. The largest absolute Gasteiger partial charge is 0.478 e. The molecule has 1 aromatic carbocycles. The van der Waals surface area contributed by atoms with Gasteiger partial charge < -0.3 is 24.7 Å². The molecule has 2 N–H and O–H groups in total. The molecule has 1 aromatic rings. The van der Waals surface area contributed by atoms with E-state index >= 15 is 0 Å². The first-order valence-corrected chi connectivity index (χ1v) is 8.50. The summed E-state index contributed by atoms with van der Waals surface area (Å²) in [5, 5.41) is 0. The van der Waals surface area contributed by atoms with E-state index in [1.165, 1.54) is 0 Å². The highest BCUT2D eigenvalue weighted by Gasteiger charge is 2.12. The predicted molar refractivity (Wildman–Crippen MR) is 92.7 cm³/mol. The highest BCUT2D eigenvalue weighted by molar-refractivity contribution is 5.72. The SMILES string of the molecule is CCCOC(=O)COc1ccc(CCN)cc1OCC(=O)OCCC. The van der Waals surface area contributed by atoms with Gasteiger partial charge in [-0.05, 0) is 43.5 Å². The van der Waals surface area contributed by atoms with Gasteiger partial charge in [0.25, 0.3) is 0 Å². The molecule has 0 fully saturated rings. The van der Waals surface area contributed by atoms with Crippen molar-refractivity contribution in [2.75, 3.05) is 33.0 Å². The van der Waals surface area contributed by atoms with E-state index in [1.807, 2.05) is 19.9 Å². The summed E-state index contributed by atoms with van der Waals surface area (Å²) in [6.07, 6.45) is 2.15. The van der Waals surface area contributed by atoms with Gasteiger partial charge in [-0.3, -0.25) is 0 Å². The molecule has 0 atom stereocenters. The fourth-order valence-electron chi connectivity index (χ4n) is 1.90. The van der Waals surface area contributed by atoms with Gasteiger partial charge in [0.2, 0.25) is 0 Å². The average Bonchev–Trinajstić information content (AvgIpc) is 2.62. The molecule has 0 saturated heterocycles.